The molecule has 3 heterocycles. The minimum atomic E-state index is -1.09. The van der Waals surface area contributed by atoms with Gasteiger partial charge in [-0.05, 0) is 51.2 Å². The topological polar surface area (TPSA) is 86.8 Å². The molecule has 0 unspecified atom stereocenters. The molecule has 1 aromatic carbocycles. The van der Waals surface area contributed by atoms with Crippen molar-refractivity contribution in [2.75, 3.05) is 18.4 Å². The van der Waals surface area contributed by atoms with Crippen LogP contribution in [0.1, 0.15) is 40.4 Å². The Labute approximate surface area is 178 Å². The van der Waals surface area contributed by atoms with Crippen molar-refractivity contribution in [3.8, 4) is 0 Å². The molecular weight excluding hydrogens is 402 g/mol. The molecule has 1 aliphatic rings. The van der Waals surface area contributed by atoms with Crippen LogP contribution in [0.5, 0.6) is 0 Å². The van der Waals surface area contributed by atoms with Crippen molar-refractivity contribution in [3.63, 3.8) is 0 Å². The highest BCUT2D eigenvalue weighted by molar-refractivity contribution is 5.94. The third-order valence-corrected chi connectivity index (χ3v) is 5.34. The molecule has 7 nitrogen and oxygen atoms in total. The van der Waals surface area contributed by atoms with Gasteiger partial charge in [-0.15, -0.1) is 0 Å². The summed E-state index contributed by atoms with van der Waals surface area (Å²) in [6.07, 6.45) is 2.39. The lowest BCUT2D eigenvalue weighted by atomic mass is 9.92. The number of benzene rings is 1. The number of anilines is 2. The molecule has 1 atom stereocenters. The van der Waals surface area contributed by atoms with E-state index < -0.39 is 17.5 Å². The van der Waals surface area contributed by atoms with Crippen molar-refractivity contribution in [3.05, 3.63) is 64.7 Å². The van der Waals surface area contributed by atoms with Gasteiger partial charge >= 0.3 is 0 Å². The Morgan fingerprint density at radius 1 is 1.23 bits per heavy atom. The van der Waals surface area contributed by atoms with E-state index in [9.17, 15) is 13.6 Å². The quantitative estimate of drug-likeness (QED) is 0.646. The second kappa shape index (κ2) is 8.79. The van der Waals surface area contributed by atoms with Gasteiger partial charge in [0.05, 0.1) is 5.56 Å². The van der Waals surface area contributed by atoms with Crippen molar-refractivity contribution >= 4 is 17.5 Å². The Kier molecular flexibility index (Phi) is 5.92. The molecule has 1 amide bonds. The normalized spacial score (nSPS) is 16.4. The SMILES string of the molecule is Cc1nc(C[C@@H]2CCCN(C(=O)c3cccc(F)c3F)C2)cc(Nc2cc(C)[nH]n2)n1. The standard InChI is InChI=1S/C22H24F2N6O/c1-13-9-20(29-28-13)27-19-11-16(25-14(2)26-19)10-15-5-4-8-30(12-15)22(31)17-6-3-7-18(23)21(17)24/h3,6-7,9,11,15H,4-5,8,10,12H2,1-2H3,(H2,25,26,27,28,29)/t15-/m0/s1. The molecule has 0 bridgehead atoms. The van der Waals surface area contributed by atoms with Gasteiger partial charge in [0.25, 0.3) is 5.91 Å². The van der Waals surface area contributed by atoms with Gasteiger partial charge in [-0.1, -0.05) is 6.07 Å². The lowest BCUT2D eigenvalue weighted by Crippen LogP contribution is -2.41. The number of aryl methyl sites for hydroxylation is 2. The lowest BCUT2D eigenvalue weighted by molar-refractivity contribution is 0.0667. The van der Waals surface area contributed by atoms with E-state index in [1.807, 2.05) is 26.0 Å². The van der Waals surface area contributed by atoms with E-state index in [4.69, 9.17) is 0 Å². The average molecular weight is 426 g/mol. The van der Waals surface area contributed by atoms with Crippen LogP contribution >= 0.6 is 0 Å². The highest BCUT2D eigenvalue weighted by Crippen LogP contribution is 2.24. The summed E-state index contributed by atoms with van der Waals surface area (Å²) in [7, 11) is 0. The highest BCUT2D eigenvalue weighted by Gasteiger charge is 2.27. The summed E-state index contributed by atoms with van der Waals surface area (Å²) >= 11 is 0. The van der Waals surface area contributed by atoms with Gasteiger partial charge < -0.3 is 10.2 Å². The molecule has 31 heavy (non-hydrogen) atoms. The predicted octanol–water partition coefficient (Wildman–Crippen LogP) is 3.93. The van der Waals surface area contributed by atoms with Crippen LogP contribution < -0.4 is 5.32 Å². The molecule has 0 spiro atoms. The number of halogens is 2. The zero-order valence-corrected chi connectivity index (χ0v) is 17.5. The number of carbonyl (C=O) groups excluding carboxylic acids is 1. The molecule has 4 rings (SSSR count). The Morgan fingerprint density at radius 3 is 2.84 bits per heavy atom. The first-order valence-corrected chi connectivity index (χ1v) is 10.3. The minimum absolute atomic E-state index is 0.170. The average Bonchev–Trinajstić information content (AvgIpc) is 3.14. The Bertz CT molecular complexity index is 1100. The zero-order valence-electron chi connectivity index (χ0n) is 17.5. The first kappa shape index (κ1) is 20.9. The first-order chi connectivity index (χ1) is 14.9. The van der Waals surface area contributed by atoms with Crippen LogP contribution in [0.15, 0.2) is 30.3 Å². The minimum Gasteiger partial charge on any atom is -0.338 e. The Morgan fingerprint density at radius 2 is 2.06 bits per heavy atom. The van der Waals surface area contributed by atoms with Crippen LogP contribution in [0.4, 0.5) is 20.4 Å². The lowest BCUT2D eigenvalue weighted by Gasteiger charge is -2.33. The van der Waals surface area contributed by atoms with E-state index in [0.717, 1.165) is 30.3 Å². The third-order valence-electron chi connectivity index (χ3n) is 5.34. The van der Waals surface area contributed by atoms with Crippen LogP contribution in [0.3, 0.4) is 0 Å². The van der Waals surface area contributed by atoms with Crippen molar-refractivity contribution in [2.45, 2.75) is 33.1 Å². The molecule has 2 aromatic heterocycles. The monoisotopic (exact) mass is 426 g/mol. The molecule has 162 valence electrons. The molecule has 1 fully saturated rings. The first-order valence-electron chi connectivity index (χ1n) is 10.3. The number of nitrogens with one attached hydrogen (secondary N) is 2. The van der Waals surface area contributed by atoms with Crippen molar-refractivity contribution in [1.82, 2.24) is 25.1 Å². The third kappa shape index (κ3) is 4.87. The van der Waals surface area contributed by atoms with E-state index in [-0.39, 0.29) is 11.5 Å². The van der Waals surface area contributed by atoms with Crippen LogP contribution in [0.25, 0.3) is 0 Å². The van der Waals surface area contributed by atoms with Gasteiger partial charge in [0.15, 0.2) is 17.5 Å². The molecule has 2 N–H and O–H groups in total. The summed E-state index contributed by atoms with van der Waals surface area (Å²) in [6, 6.07) is 7.45. The maximum Gasteiger partial charge on any atom is 0.256 e. The number of likely N-dealkylation sites (tertiary alicyclic amines) is 1. The van der Waals surface area contributed by atoms with Crippen LogP contribution in [0, 0.1) is 31.4 Å². The zero-order chi connectivity index (χ0) is 22.0. The number of amides is 1. The van der Waals surface area contributed by atoms with E-state index in [1.165, 1.54) is 12.1 Å². The van der Waals surface area contributed by atoms with Crippen LogP contribution in [0.2, 0.25) is 0 Å². The summed E-state index contributed by atoms with van der Waals surface area (Å²) in [4.78, 5) is 23.3. The summed E-state index contributed by atoms with van der Waals surface area (Å²) < 4.78 is 27.6. The smallest absolute Gasteiger partial charge is 0.256 e. The van der Waals surface area contributed by atoms with E-state index in [2.05, 4.69) is 25.5 Å². The molecule has 0 aliphatic carbocycles. The van der Waals surface area contributed by atoms with Crippen LogP contribution in [-0.2, 0) is 6.42 Å². The maximum atomic E-state index is 14.1. The molecular formula is C22H24F2N6O. The summed E-state index contributed by atoms with van der Waals surface area (Å²) in [5, 5.41) is 10.2. The largest absolute Gasteiger partial charge is 0.338 e. The fourth-order valence-electron chi connectivity index (χ4n) is 3.96. The molecule has 0 radical (unpaired) electrons. The number of hydrogen-bond acceptors (Lipinski definition) is 5. The Balaban J connectivity index is 1.45. The predicted molar refractivity (Wildman–Crippen MR) is 112 cm³/mol. The van der Waals surface area contributed by atoms with Crippen molar-refractivity contribution in [2.24, 2.45) is 5.92 Å². The van der Waals surface area contributed by atoms with Gasteiger partial charge in [-0.3, -0.25) is 9.89 Å². The van der Waals surface area contributed by atoms with E-state index in [1.54, 1.807) is 4.90 Å². The molecule has 3 aromatic rings. The van der Waals surface area contributed by atoms with Crippen LogP contribution in [-0.4, -0.2) is 44.1 Å². The maximum absolute atomic E-state index is 14.1. The van der Waals surface area contributed by atoms with Gasteiger partial charge in [0.2, 0.25) is 0 Å². The fourth-order valence-corrected chi connectivity index (χ4v) is 3.96. The van der Waals surface area contributed by atoms with Gasteiger partial charge in [0, 0.05) is 36.6 Å². The van der Waals surface area contributed by atoms with Crippen molar-refractivity contribution in [1.29, 1.82) is 0 Å². The van der Waals surface area contributed by atoms with E-state index in [0.29, 0.717) is 37.0 Å². The van der Waals surface area contributed by atoms with Gasteiger partial charge in [0.1, 0.15) is 11.6 Å². The van der Waals surface area contributed by atoms with Gasteiger partial charge in [-0.2, -0.15) is 5.10 Å². The number of hydrogen-bond donors (Lipinski definition) is 2. The summed E-state index contributed by atoms with van der Waals surface area (Å²) in [6.45, 7) is 4.74. The number of piperidine rings is 1. The summed E-state index contributed by atoms with van der Waals surface area (Å²) in [5.74, 6) is -0.445. The van der Waals surface area contributed by atoms with Gasteiger partial charge in [-0.25, -0.2) is 18.7 Å². The van der Waals surface area contributed by atoms with Crippen molar-refractivity contribution < 1.29 is 13.6 Å². The molecule has 1 aliphatic heterocycles. The number of aromatic amines is 1. The second-order valence-corrected chi connectivity index (χ2v) is 7.92. The Hall–Kier alpha value is -3.36. The highest BCUT2D eigenvalue weighted by atomic mass is 19.2. The fraction of sp³-hybridized carbons (Fsp3) is 0.364. The molecule has 0 saturated carbocycles. The number of rotatable bonds is 5. The second-order valence-electron chi connectivity index (χ2n) is 7.92. The van der Waals surface area contributed by atoms with E-state index >= 15 is 0 Å². The number of aromatic nitrogens is 4. The molecule has 9 heteroatoms. The number of nitrogens with zero attached hydrogens (tertiary/aromatic N) is 4. The number of H-pyrrole nitrogens is 1. The number of carbonyl (C=O) groups is 1. The molecule has 1 saturated heterocycles. The summed E-state index contributed by atoms with van der Waals surface area (Å²) in [5.41, 5.74) is 1.58.